The smallest absolute Gasteiger partial charge is 0.151 e. The minimum atomic E-state index is -2.85. The predicted molar refractivity (Wildman–Crippen MR) is 54.9 cm³/mol. The van der Waals surface area contributed by atoms with Gasteiger partial charge in [0.15, 0.2) is 9.84 Å². The van der Waals surface area contributed by atoms with Gasteiger partial charge in [-0.2, -0.15) is 0 Å². The molecule has 4 nitrogen and oxygen atoms in total. The number of carbonyl (C=O) groups excluding carboxylic acids is 1. The molecule has 1 aliphatic heterocycles. The van der Waals surface area contributed by atoms with Crippen LogP contribution in [0.25, 0.3) is 0 Å². The molecule has 0 radical (unpaired) electrons. The number of carbonyl (C=O) groups is 1. The van der Waals surface area contributed by atoms with Crippen molar-refractivity contribution in [1.82, 2.24) is 5.32 Å². The lowest BCUT2D eigenvalue weighted by Crippen LogP contribution is -2.43. The van der Waals surface area contributed by atoms with Crippen molar-refractivity contribution in [2.75, 3.05) is 11.5 Å². The number of hydrogen-bond donors (Lipinski definition) is 1. The third kappa shape index (κ3) is 3.06. The minimum Gasteiger partial charge on any atom is -0.304 e. The standard InChI is InChI=1S/C9H17NO3S/c1-7(2)9(5-11)10-8-3-4-14(12,13)6-8/h5,7-10H,3-4,6H2,1-2H3. The Morgan fingerprint density at radius 3 is 2.43 bits per heavy atom. The predicted octanol–water partition coefficient (Wildman–Crippen LogP) is -0.0134. The van der Waals surface area contributed by atoms with Gasteiger partial charge in [-0.3, -0.25) is 0 Å². The molecule has 1 saturated heterocycles. The van der Waals surface area contributed by atoms with Crippen molar-refractivity contribution in [3.63, 3.8) is 0 Å². The van der Waals surface area contributed by atoms with E-state index < -0.39 is 9.84 Å². The van der Waals surface area contributed by atoms with Crippen molar-refractivity contribution in [1.29, 1.82) is 0 Å². The molecule has 1 rings (SSSR count). The van der Waals surface area contributed by atoms with Crippen LogP contribution in [0.15, 0.2) is 0 Å². The van der Waals surface area contributed by atoms with Crippen molar-refractivity contribution >= 4 is 16.1 Å². The van der Waals surface area contributed by atoms with Crippen LogP contribution in [0, 0.1) is 5.92 Å². The second-order valence-corrected chi connectivity index (χ2v) is 6.40. The summed E-state index contributed by atoms with van der Waals surface area (Å²) in [7, 11) is -2.85. The molecule has 5 heteroatoms. The summed E-state index contributed by atoms with van der Waals surface area (Å²) < 4.78 is 22.3. The first-order valence-electron chi connectivity index (χ1n) is 4.86. The van der Waals surface area contributed by atoms with E-state index in [2.05, 4.69) is 5.32 Å². The second kappa shape index (κ2) is 4.40. The molecule has 0 bridgehead atoms. The maximum absolute atomic E-state index is 11.2. The molecule has 1 fully saturated rings. The molecule has 2 atom stereocenters. The van der Waals surface area contributed by atoms with Crippen LogP contribution in [0.3, 0.4) is 0 Å². The topological polar surface area (TPSA) is 63.2 Å². The van der Waals surface area contributed by atoms with Crippen LogP contribution < -0.4 is 5.32 Å². The van der Waals surface area contributed by atoms with E-state index in [1.165, 1.54) is 0 Å². The van der Waals surface area contributed by atoms with Gasteiger partial charge in [-0.05, 0) is 12.3 Å². The van der Waals surface area contributed by atoms with Gasteiger partial charge in [-0.15, -0.1) is 0 Å². The molecular formula is C9H17NO3S. The molecule has 0 spiro atoms. The average Bonchev–Trinajstić information content (AvgIpc) is 2.41. The van der Waals surface area contributed by atoms with Crippen LogP contribution in [0.5, 0.6) is 0 Å². The Kier molecular flexibility index (Phi) is 3.66. The third-order valence-electron chi connectivity index (χ3n) is 2.53. The van der Waals surface area contributed by atoms with Crippen LogP contribution in [0.4, 0.5) is 0 Å². The van der Waals surface area contributed by atoms with Gasteiger partial charge >= 0.3 is 0 Å². The average molecular weight is 219 g/mol. The molecule has 82 valence electrons. The normalized spacial score (nSPS) is 27.8. The fraction of sp³-hybridized carbons (Fsp3) is 0.889. The fourth-order valence-corrected chi connectivity index (χ4v) is 3.27. The van der Waals surface area contributed by atoms with Gasteiger partial charge in [0.25, 0.3) is 0 Å². The second-order valence-electron chi connectivity index (χ2n) is 4.17. The number of sulfone groups is 1. The highest BCUT2D eigenvalue weighted by Gasteiger charge is 2.29. The number of hydrogen-bond acceptors (Lipinski definition) is 4. The molecule has 1 aliphatic rings. The zero-order valence-corrected chi connectivity index (χ0v) is 9.38. The monoisotopic (exact) mass is 219 g/mol. The molecule has 0 aromatic rings. The fourth-order valence-electron chi connectivity index (χ4n) is 1.59. The van der Waals surface area contributed by atoms with E-state index in [0.29, 0.717) is 6.42 Å². The largest absolute Gasteiger partial charge is 0.304 e. The summed E-state index contributed by atoms with van der Waals surface area (Å²) in [6.07, 6.45) is 1.48. The van der Waals surface area contributed by atoms with Crippen LogP contribution in [-0.2, 0) is 14.6 Å². The zero-order valence-electron chi connectivity index (χ0n) is 8.56. The quantitative estimate of drug-likeness (QED) is 0.675. The molecule has 0 aromatic carbocycles. The number of nitrogens with one attached hydrogen (secondary N) is 1. The Hall–Kier alpha value is -0.420. The molecular weight excluding hydrogens is 202 g/mol. The summed E-state index contributed by atoms with van der Waals surface area (Å²) in [5.41, 5.74) is 0. The van der Waals surface area contributed by atoms with Gasteiger partial charge in [0.1, 0.15) is 6.29 Å². The van der Waals surface area contributed by atoms with Gasteiger partial charge < -0.3 is 10.1 Å². The molecule has 0 saturated carbocycles. The maximum Gasteiger partial charge on any atom is 0.151 e. The highest BCUT2D eigenvalue weighted by molar-refractivity contribution is 7.91. The molecule has 1 heterocycles. The molecule has 0 aromatic heterocycles. The zero-order chi connectivity index (χ0) is 10.8. The summed E-state index contributed by atoms with van der Waals surface area (Å²) in [6, 6.07) is -0.272. The van der Waals surface area contributed by atoms with E-state index in [0.717, 1.165) is 6.29 Å². The number of aldehydes is 1. The Morgan fingerprint density at radius 2 is 2.07 bits per heavy atom. The van der Waals surface area contributed by atoms with Crippen molar-refractivity contribution in [3.05, 3.63) is 0 Å². The van der Waals surface area contributed by atoms with Gasteiger partial charge in [0, 0.05) is 6.04 Å². The molecule has 0 amide bonds. The Balaban J connectivity index is 2.50. The van der Waals surface area contributed by atoms with Crippen molar-refractivity contribution in [3.8, 4) is 0 Å². The first-order valence-corrected chi connectivity index (χ1v) is 6.68. The van der Waals surface area contributed by atoms with E-state index in [9.17, 15) is 13.2 Å². The van der Waals surface area contributed by atoms with Crippen LogP contribution in [0.1, 0.15) is 20.3 Å². The maximum atomic E-state index is 11.2. The van der Waals surface area contributed by atoms with Crippen molar-refractivity contribution in [2.45, 2.75) is 32.4 Å². The SMILES string of the molecule is CC(C)C(C=O)NC1CCS(=O)(=O)C1. The summed E-state index contributed by atoms with van der Waals surface area (Å²) in [6.45, 7) is 3.88. The minimum absolute atomic E-state index is 0.0439. The lowest BCUT2D eigenvalue weighted by atomic mass is 10.0. The van der Waals surface area contributed by atoms with E-state index in [1.807, 2.05) is 13.8 Å². The Bertz CT molecular complexity index is 297. The summed E-state index contributed by atoms with van der Waals surface area (Å²) in [5.74, 6) is 0.620. The number of rotatable bonds is 4. The van der Waals surface area contributed by atoms with Crippen LogP contribution in [-0.4, -0.2) is 38.3 Å². The van der Waals surface area contributed by atoms with E-state index in [-0.39, 0.29) is 29.5 Å². The summed E-state index contributed by atoms with van der Waals surface area (Å²) >= 11 is 0. The first kappa shape index (κ1) is 11.7. The summed E-state index contributed by atoms with van der Waals surface area (Å²) in [4.78, 5) is 10.7. The molecule has 0 aliphatic carbocycles. The van der Waals surface area contributed by atoms with Crippen molar-refractivity contribution in [2.24, 2.45) is 5.92 Å². The van der Waals surface area contributed by atoms with E-state index in [4.69, 9.17) is 0 Å². The first-order chi connectivity index (χ1) is 6.44. The lowest BCUT2D eigenvalue weighted by molar-refractivity contribution is -0.110. The van der Waals surface area contributed by atoms with Crippen molar-refractivity contribution < 1.29 is 13.2 Å². The third-order valence-corrected chi connectivity index (χ3v) is 4.29. The van der Waals surface area contributed by atoms with Gasteiger partial charge in [-0.1, -0.05) is 13.8 Å². The summed E-state index contributed by atoms with van der Waals surface area (Å²) in [5, 5.41) is 3.07. The van der Waals surface area contributed by atoms with Gasteiger partial charge in [0.05, 0.1) is 17.5 Å². The highest BCUT2D eigenvalue weighted by atomic mass is 32.2. The van der Waals surface area contributed by atoms with Crippen LogP contribution in [0.2, 0.25) is 0 Å². The lowest BCUT2D eigenvalue weighted by Gasteiger charge is -2.20. The van der Waals surface area contributed by atoms with Crippen LogP contribution >= 0.6 is 0 Å². The molecule has 1 N–H and O–H groups in total. The Labute approximate surface area is 85.0 Å². The molecule has 14 heavy (non-hydrogen) atoms. The Morgan fingerprint density at radius 1 is 1.43 bits per heavy atom. The van der Waals surface area contributed by atoms with E-state index in [1.54, 1.807) is 0 Å². The van der Waals surface area contributed by atoms with E-state index >= 15 is 0 Å². The van der Waals surface area contributed by atoms with Gasteiger partial charge in [0.2, 0.25) is 0 Å². The van der Waals surface area contributed by atoms with Gasteiger partial charge in [-0.25, -0.2) is 8.42 Å². The molecule has 2 unspecified atom stereocenters. The highest BCUT2D eigenvalue weighted by Crippen LogP contribution is 2.13.